The van der Waals surface area contributed by atoms with E-state index in [0.717, 1.165) is 29.9 Å². The summed E-state index contributed by atoms with van der Waals surface area (Å²) < 4.78 is 10.5. The lowest BCUT2D eigenvalue weighted by atomic mass is 10.1. The lowest BCUT2D eigenvalue weighted by Crippen LogP contribution is -2.04. The molecule has 1 saturated carbocycles. The molecule has 1 aliphatic heterocycles. The molecule has 0 N–H and O–H groups in total. The van der Waals surface area contributed by atoms with Crippen molar-refractivity contribution in [3.05, 3.63) is 23.8 Å². The number of hydrogen-bond acceptors (Lipinski definition) is 3. The molecule has 0 atom stereocenters. The highest BCUT2D eigenvalue weighted by Crippen LogP contribution is 2.34. The van der Waals surface area contributed by atoms with Gasteiger partial charge in [0.2, 0.25) is 6.79 Å². The zero-order chi connectivity index (χ0) is 10.3. The maximum Gasteiger partial charge on any atom is 0.231 e. The number of carbonyl (C=O) groups is 1. The Morgan fingerprint density at radius 3 is 2.87 bits per heavy atom. The van der Waals surface area contributed by atoms with Crippen LogP contribution in [0.5, 0.6) is 11.5 Å². The molecule has 0 spiro atoms. The summed E-state index contributed by atoms with van der Waals surface area (Å²) in [6, 6.07) is 5.72. The summed E-state index contributed by atoms with van der Waals surface area (Å²) in [7, 11) is 0. The predicted molar refractivity (Wildman–Crippen MR) is 54.0 cm³/mol. The maximum atomic E-state index is 11.6. The first-order valence-electron chi connectivity index (χ1n) is 5.24. The van der Waals surface area contributed by atoms with Crippen LogP contribution in [0.15, 0.2) is 18.2 Å². The summed E-state index contributed by atoms with van der Waals surface area (Å²) in [6.07, 6.45) is 2.67. The lowest BCUT2D eigenvalue weighted by molar-refractivity contribution is -0.119. The molecule has 1 heterocycles. The predicted octanol–water partition coefficient (Wildman–Crippen LogP) is 1.94. The third-order valence-electron chi connectivity index (χ3n) is 2.85. The molecule has 1 aromatic carbocycles. The largest absolute Gasteiger partial charge is 0.454 e. The van der Waals surface area contributed by atoms with E-state index < -0.39 is 0 Å². The summed E-state index contributed by atoms with van der Waals surface area (Å²) in [5.41, 5.74) is 1.02. The first-order valence-corrected chi connectivity index (χ1v) is 5.24. The van der Waals surface area contributed by atoms with Crippen molar-refractivity contribution in [2.24, 2.45) is 5.92 Å². The normalized spacial score (nSPS) is 17.9. The highest BCUT2D eigenvalue weighted by Gasteiger charge is 2.29. The van der Waals surface area contributed by atoms with Crippen molar-refractivity contribution in [1.82, 2.24) is 0 Å². The molecule has 1 fully saturated rings. The number of hydrogen-bond donors (Lipinski definition) is 0. The second-order valence-electron chi connectivity index (χ2n) is 4.10. The molecule has 0 bridgehead atoms. The molecule has 3 rings (SSSR count). The third kappa shape index (κ3) is 1.69. The number of rotatable bonds is 3. The van der Waals surface area contributed by atoms with Gasteiger partial charge in [-0.2, -0.15) is 0 Å². The van der Waals surface area contributed by atoms with E-state index in [-0.39, 0.29) is 6.79 Å². The summed E-state index contributed by atoms with van der Waals surface area (Å²) in [5, 5.41) is 0. The molecular weight excluding hydrogens is 192 g/mol. The van der Waals surface area contributed by atoms with Crippen LogP contribution in [0.2, 0.25) is 0 Å². The quantitative estimate of drug-likeness (QED) is 0.754. The second-order valence-corrected chi connectivity index (χ2v) is 4.10. The smallest absolute Gasteiger partial charge is 0.231 e. The molecule has 0 radical (unpaired) electrons. The Bertz CT molecular complexity index is 407. The number of fused-ring (bicyclic) bond motifs is 1. The Kier molecular flexibility index (Phi) is 1.91. The van der Waals surface area contributed by atoms with Crippen molar-refractivity contribution in [2.45, 2.75) is 19.3 Å². The second kappa shape index (κ2) is 3.26. The molecule has 1 aliphatic carbocycles. The van der Waals surface area contributed by atoms with Gasteiger partial charge in [-0.15, -0.1) is 0 Å². The van der Waals surface area contributed by atoms with Gasteiger partial charge >= 0.3 is 0 Å². The van der Waals surface area contributed by atoms with Crippen LogP contribution in [0.4, 0.5) is 0 Å². The highest BCUT2D eigenvalue weighted by atomic mass is 16.7. The average Bonchev–Trinajstić information content (AvgIpc) is 2.98. The fourth-order valence-electron chi connectivity index (χ4n) is 1.80. The third-order valence-corrected chi connectivity index (χ3v) is 2.85. The molecule has 0 aromatic heterocycles. The topological polar surface area (TPSA) is 35.5 Å². The Morgan fingerprint density at radius 2 is 2.07 bits per heavy atom. The number of ether oxygens (including phenoxy) is 2. The van der Waals surface area contributed by atoms with Crippen LogP contribution in [-0.2, 0) is 11.2 Å². The van der Waals surface area contributed by atoms with Crippen LogP contribution < -0.4 is 9.47 Å². The summed E-state index contributed by atoms with van der Waals surface area (Å²) >= 11 is 0. The van der Waals surface area contributed by atoms with Gasteiger partial charge in [-0.3, -0.25) is 4.79 Å². The number of Topliss-reactive ketones (excluding diaryl/α,β-unsaturated/α-hetero) is 1. The van der Waals surface area contributed by atoms with E-state index >= 15 is 0 Å². The van der Waals surface area contributed by atoms with Crippen LogP contribution in [0.25, 0.3) is 0 Å². The van der Waals surface area contributed by atoms with Gasteiger partial charge in [-0.1, -0.05) is 6.07 Å². The van der Waals surface area contributed by atoms with Crippen molar-refractivity contribution >= 4 is 5.78 Å². The van der Waals surface area contributed by atoms with Crippen molar-refractivity contribution in [3.63, 3.8) is 0 Å². The van der Waals surface area contributed by atoms with Gasteiger partial charge in [0.1, 0.15) is 5.78 Å². The molecule has 0 saturated heterocycles. The van der Waals surface area contributed by atoms with Crippen molar-refractivity contribution in [3.8, 4) is 11.5 Å². The molecule has 3 heteroatoms. The van der Waals surface area contributed by atoms with E-state index in [9.17, 15) is 4.79 Å². The van der Waals surface area contributed by atoms with E-state index in [1.54, 1.807) is 0 Å². The molecule has 2 aliphatic rings. The monoisotopic (exact) mass is 204 g/mol. The maximum absolute atomic E-state index is 11.6. The van der Waals surface area contributed by atoms with E-state index in [1.165, 1.54) is 0 Å². The Morgan fingerprint density at radius 1 is 1.27 bits per heavy atom. The van der Waals surface area contributed by atoms with E-state index in [1.807, 2.05) is 18.2 Å². The minimum Gasteiger partial charge on any atom is -0.454 e. The summed E-state index contributed by atoms with van der Waals surface area (Å²) in [5.74, 6) is 2.22. The first kappa shape index (κ1) is 8.77. The van der Waals surface area contributed by atoms with E-state index in [0.29, 0.717) is 18.1 Å². The van der Waals surface area contributed by atoms with Crippen LogP contribution in [0, 0.1) is 5.92 Å². The fourth-order valence-corrected chi connectivity index (χ4v) is 1.80. The molecule has 15 heavy (non-hydrogen) atoms. The lowest BCUT2D eigenvalue weighted by Gasteiger charge is -2.01. The van der Waals surface area contributed by atoms with Crippen LogP contribution in [0.1, 0.15) is 18.4 Å². The Balaban J connectivity index is 1.77. The zero-order valence-corrected chi connectivity index (χ0v) is 8.36. The first-order chi connectivity index (χ1) is 7.33. The standard InChI is InChI=1S/C12H12O3/c13-10(9-2-3-9)5-8-1-4-11-12(6-8)15-7-14-11/h1,4,6,9H,2-3,5,7H2. The molecule has 1 aromatic rings. The SMILES string of the molecule is O=C(Cc1ccc2c(c1)OCO2)C1CC1. The minimum absolute atomic E-state index is 0.287. The Labute approximate surface area is 88.0 Å². The molecule has 0 amide bonds. The van der Waals surface area contributed by atoms with Gasteiger partial charge in [0.15, 0.2) is 11.5 Å². The summed E-state index contributed by atoms with van der Waals surface area (Å²) in [4.78, 5) is 11.6. The van der Waals surface area contributed by atoms with E-state index in [2.05, 4.69) is 0 Å². The molecule has 3 nitrogen and oxygen atoms in total. The van der Waals surface area contributed by atoms with Crippen LogP contribution in [-0.4, -0.2) is 12.6 Å². The number of ketones is 1. The van der Waals surface area contributed by atoms with Crippen molar-refractivity contribution in [1.29, 1.82) is 0 Å². The van der Waals surface area contributed by atoms with Crippen LogP contribution in [0.3, 0.4) is 0 Å². The zero-order valence-electron chi connectivity index (χ0n) is 8.36. The van der Waals surface area contributed by atoms with Gasteiger partial charge in [-0.05, 0) is 30.5 Å². The Hall–Kier alpha value is -1.51. The number of benzene rings is 1. The van der Waals surface area contributed by atoms with Gasteiger partial charge in [-0.25, -0.2) is 0 Å². The van der Waals surface area contributed by atoms with Gasteiger partial charge < -0.3 is 9.47 Å². The van der Waals surface area contributed by atoms with Crippen molar-refractivity contribution in [2.75, 3.05) is 6.79 Å². The summed E-state index contributed by atoms with van der Waals surface area (Å²) in [6.45, 7) is 0.287. The molecule has 78 valence electrons. The highest BCUT2D eigenvalue weighted by molar-refractivity contribution is 5.85. The minimum atomic E-state index is 0.287. The van der Waals surface area contributed by atoms with E-state index in [4.69, 9.17) is 9.47 Å². The average molecular weight is 204 g/mol. The van der Waals surface area contributed by atoms with Gasteiger partial charge in [0, 0.05) is 12.3 Å². The fraction of sp³-hybridized carbons (Fsp3) is 0.417. The molecular formula is C12H12O3. The van der Waals surface area contributed by atoms with Crippen LogP contribution >= 0.6 is 0 Å². The van der Waals surface area contributed by atoms with Crippen molar-refractivity contribution < 1.29 is 14.3 Å². The van der Waals surface area contributed by atoms with Gasteiger partial charge in [0.05, 0.1) is 0 Å². The molecule has 0 unspecified atom stereocenters. The number of carbonyl (C=O) groups excluding carboxylic acids is 1. The van der Waals surface area contributed by atoms with Gasteiger partial charge in [0.25, 0.3) is 0 Å².